The highest BCUT2D eigenvalue weighted by molar-refractivity contribution is 5.83. The van der Waals surface area contributed by atoms with Crippen LogP contribution >= 0.6 is 0 Å². The summed E-state index contributed by atoms with van der Waals surface area (Å²) in [4.78, 5) is 29.7. The van der Waals surface area contributed by atoms with Crippen LogP contribution in [0.15, 0.2) is 22.7 Å². The predicted molar refractivity (Wildman–Crippen MR) is 97.8 cm³/mol. The molecule has 0 bridgehead atoms. The van der Waals surface area contributed by atoms with E-state index >= 15 is 0 Å². The summed E-state index contributed by atoms with van der Waals surface area (Å²) in [6, 6.07) is 5.74. The van der Waals surface area contributed by atoms with Crippen molar-refractivity contribution in [2.24, 2.45) is 0 Å². The van der Waals surface area contributed by atoms with Crippen molar-refractivity contribution in [2.45, 2.75) is 33.3 Å². The topological polar surface area (TPSA) is 97.6 Å². The Kier molecular flexibility index (Phi) is 5.85. The summed E-state index contributed by atoms with van der Waals surface area (Å²) in [5, 5.41) is 6.58. The van der Waals surface area contributed by atoms with Crippen LogP contribution in [0.4, 0.5) is 0 Å². The highest BCUT2D eigenvalue weighted by Crippen LogP contribution is 2.28. The van der Waals surface area contributed by atoms with Gasteiger partial charge in [0.15, 0.2) is 0 Å². The third-order valence-corrected chi connectivity index (χ3v) is 4.52. The maximum Gasteiger partial charge on any atom is 0.242 e. The molecule has 1 N–H and O–H groups in total. The Morgan fingerprint density at radius 3 is 2.93 bits per heavy atom. The number of rotatable bonds is 5. The zero-order valence-electron chi connectivity index (χ0n) is 15.8. The first-order chi connectivity index (χ1) is 13.0. The average Bonchev–Trinajstić information content (AvgIpc) is 3.07. The van der Waals surface area contributed by atoms with E-state index in [1.54, 1.807) is 4.90 Å². The van der Waals surface area contributed by atoms with Gasteiger partial charge in [0.05, 0.1) is 42.3 Å². The number of hydrogen-bond acceptors (Lipinski definition) is 6. The molecule has 0 spiro atoms. The van der Waals surface area contributed by atoms with Gasteiger partial charge >= 0.3 is 0 Å². The molecule has 0 saturated carbocycles. The molecule has 1 fully saturated rings. The zero-order valence-corrected chi connectivity index (χ0v) is 15.8. The van der Waals surface area contributed by atoms with Gasteiger partial charge in [-0.2, -0.15) is 0 Å². The lowest BCUT2D eigenvalue weighted by molar-refractivity contribution is -0.139. The number of carbonyl (C=O) groups excluding carboxylic acids is 2. The van der Waals surface area contributed by atoms with Gasteiger partial charge in [-0.3, -0.25) is 9.59 Å². The van der Waals surface area contributed by atoms with Crippen LogP contribution in [-0.2, 0) is 20.7 Å². The summed E-state index contributed by atoms with van der Waals surface area (Å²) in [6.45, 7) is 6.62. The highest BCUT2D eigenvalue weighted by atomic mass is 16.5. The molecular weight excluding hydrogens is 348 g/mol. The molecule has 3 rings (SSSR count). The quantitative estimate of drug-likeness (QED) is 0.857. The molecule has 0 aromatic carbocycles. The van der Waals surface area contributed by atoms with E-state index < -0.39 is 0 Å². The molecule has 2 amide bonds. The van der Waals surface area contributed by atoms with Crippen molar-refractivity contribution in [1.82, 2.24) is 20.4 Å². The number of amides is 2. The highest BCUT2D eigenvalue weighted by Gasteiger charge is 2.27. The van der Waals surface area contributed by atoms with Crippen LogP contribution in [0.3, 0.4) is 0 Å². The number of hydrogen-bond donors (Lipinski definition) is 1. The third-order valence-electron chi connectivity index (χ3n) is 4.52. The van der Waals surface area contributed by atoms with Gasteiger partial charge in [0.2, 0.25) is 11.8 Å². The van der Waals surface area contributed by atoms with Crippen LogP contribution in [0.2, 0.25) is 0 Å². The van der Waals surface area contributed by atoms with Crippen LogP contribution in [0.25, 0.3) is 11.3 Å². The molecule has 0 aliphatic carbocycles. The lowest BCUT2D eigenvalue weighted by Gasteiger charge is -2.32. The number of nitrogens with one attached hydrogen (secondary N) is 1. The van der Waals surface area contributed by atoms with Gasteiger partial charge in [0.1, 0.15) is 11.9 Å². The molecule has 0 radical (unpaired) electrons. The molecule has 1 atom stereocenters. The van der Waals surface area contributed by atoms with Gasteiger partial charge in [0, 0.05) is 19.9 Å². The Balaban J connectivity index is 1.77. The minimum absolute atomic E-state index is 0.00470. The van der Waals surface area contributed by atoms with E-state index in [0.717, 1.165) is 34.8 Å². The molecule has 0 unspecified atom stereocenters. The van der Waals surface area contributed by atoms with Gasteiger partial charge in [-0.15, -0.1) is 0 Å². The number of carbonyl (C=O) groups is 2. The fraction of sp³-hybridized carbons (Fsp3) is 0.474. The van der Waals surface area contributed by atoms with Crippen LogP contribution in [0.1, 0.15) is 37.1 Å². The van der Waals surface area contributed by atoms with Gasteiger partial charge in [-0.05, 0) is 19.1 Å². The van der Waals surface area contributed by atoms with Crippen molar-refractivity contribution >= 4 is 11.8 Å². The SMILES string of the molecule is CCc1onc(C)c1-c1cccc([C@@H]2CN(C(=O)CNC(C)=O)CCO2)n1. The van der Waals surface area contributed by atoms with Crippen molar-refractivity contribution in [3.8, 4) is 11.3 Å². The first kappa shape index (κ1) is 19.0. The molecule has 2 aromatic rings. The van der Waals surface area contributed by atoms with E-state index in [1.807, 2.05) is 32.0 Å². The van der Waals surface area contributed by atoms with E-state index in [9.17, 15) is 9.59 Å². The standard InChI is InChI=1S/C19H24N4O4/c1-4-16-19(12(2)22-27-16)15-7-5-6-14(21-15)17-11-23(8-9-26-17)18(25)10-20-13(3)24/h5-7,17H,4,8-11H2,1-3H3,(H,20,24)/t17-/m0/s1. The maximum absolute atomic E-state index is 12.3. The number of aromatic nitrogens is 2. The number of pyridine rings is 1. The normalized spacial score (nSPS) is 17.0. The molecule has 27 heavy (non-hydrogen) atoms. The second kappa shape index (κ2) is 8.30. The lowest BCUT2D eigenvalue weighted by Crippen LogP contribution is -2.46. The van der Waals surface area contributed by atoms with E-state index in [1.165, 1.54) is 6.92 Å². The van der Waals surface area contributed by atoms with Crippen molar-refractivity contribution in [3.63, 3.8) is 0 Å². The van der Waals surface area contributed by atoms with Gasteiger partial charge < -0.3 is 19.5 Å². The van der Waals surface area contributed by atoms with Crippen molar-refractivity contribution in [2.75, 3.05) is 26.2 Å². The van der Waals surface area contributed by atoms with Gasteiger partial charge in [0.25, 0.3) is 0 Å². The molecule has 8 heteroatoms. The lowest BCUT2D eigenvalue weighted by atomic mass is 10.1. The molecule has 1 aliphatic heterocycles. The Morgan fingerprint density at radius 1 is 1.37 bits per heavy atom. The zero-order chi connectivity index (χ0) is 19.4. The Labute approximate surface area is 157 Å². The van der Waals surface area contributed by atoms with Crippen LogP contribution in [0.5, 0.6) is 0 Å². The van der Waals surface area contributed by atoms with Crippen molar-refractivity contribution in [1.29, 1.82) is 0 Å². The molecule has 144 valence electrons. The van der Waals surface area contributed by atoms with Gasteiger partial charge in [-0.25, -0.2) is 4.98 Å². The minimum atomic E-state index is -0.315. The second-order valence-corrected chi connectivity index (χ2v) is 6.48. The monoisotopic (exact) mass is 372 g/mol. The third kappa shape index (κ3) is 4.33. The number of nitrogens with zero attached hydrogens (tertiary/aromatic N) is 3. The van der Waals surface area contributed by atoms with Gasteiger partial charge in [-0.1, -0.05) is 18.1 Å². The number of morpholine rings is 1. The molecule has 2 aromatic heterocycles. The number of ether oxygens (including phenoxy) is 1. The van der Waals surface area contributed by atoms with Crippen molar-refractivity contribution < 1.29 is 18.8 Å². The Bertz CT molecular complexity index is 833. The summed E-state index contributed by atoms with van der Waals surface area (Å²) in [5.41, 5.74) is 3.25. The van der Waals surface area contributed by atoms with E-state index in [-0.39, 0.29) is 24.5 Å². The average molecular weight is 372 g/mol. The molecule has 1 aliphatic rings. The fourth-order valence-corrected chi connectivity index (χ4v) is 3.12. The predicted octanol–water partition coefficient (Wildman–Crippen LogP) is 1.64. The van der Waals surface area contributed by atoms with E-state index in [2.05, 4.69) is 10.5 Å². The molecular formula is C19H24N4O4. The van der Waals surface area contributed by atoms with Crippen LogP contribution in [0, 0.1) is 6.92 Å². The first-order valence-corrected chi connectivity index (χ1v) is 9.05. The summed E-state index contributed by atoms with van der Waals surface area (Å²) in [7, 11) is 0. The summed E-state index contributed by atoms with van der Waals surface area (Å²) in [5.74, 6) is 0.449. The summed E-state index contributed by atoms with van der Waals surface area (Å²) >= 11 is 0. The minimum Gasteiger partial charge on any atom is -0.368 e. The van der Waals surface area contributed by atoms with E-state index in [4.69, 9.17) is 14.2 Å². The Morgan fingerprint density at radius 2 is 2.19 bits per heavy atom. The molecule has 8 nitrogen and oxygen atoms in total. The maximum atomic E-state index is 12.3. The summed E-state index contributed by atoms with van der Waals surface area (Å²) < 4.78 is 11.2. The molecule has 1 saturated heterocycles. The molecule has 3 heterocycles. The summed E-state index contributed by atoms with van der Waals surface area (Å²) in [6.07, 6.45) is 0.415. The Hall–Kier alpha value is -2.74. The number of aryl methyl sites for hydroxylation is 2. The largest absolute Gasteiger partial charge is 0.368 e. The smallest absolute Gasteiger partial charge is 0.242 e. The van der Waals surface area contributed by atoms with Crippen LogP contribution < -0.4 is 5.32 Å². The first-order valence-electron chi connectivity index (χ1n) is 9.05. The van der Waals surface area contributed by atoms with E-state index in [0.29, 0.717) is 19.7 Å². The van der Waals surface area contributed by atoms with Crippen LogP contribution in [-0.4, -0.2) is 53.1 Å². The van der Waals surface area contributed by atoms with Crippen molar-refractivity contribution in [3.05, 3.63) is 35.3 Å². The second-order valence-electron chi connectivity index (χ2n) is 6.48. The fourth-order valence-electron chi connectivity index (χ4n) is 3.12.